The van der Waals surface area contributed by atoms with Crippen molar-refractivity contribution >= 4 is 32.7 Å². The third-order valence-electron chi connectivity index (χ3n) is 8.06. The number of fused-ring (bicyclic) bond motifs is 5. The van der Waals surface area contributed by atoms with E-state index >= 15 is 0 Å². The molecule has 8 rings (SSSR count). The van der Waals surface area contributed by atoms with E-state index in [1.54, 1.807) is 6.20 Å². The maximum atomic E-state index is 6.11. The molecule has 8 aromatic rings. The number of furan rings is 1. The van der Waals surface area contributed by atoms with Crippen LogP contribution in [0, 0.1) is 12.1 Å². The van der Waals surface area contributed by atoms with E-state index in [1.807, 2.05) is 66.9 Å². The van der Waals surface area contributed by atoms with E-state index in [4.69, 9.17) is 4.42 Å². The van der Waals surface area contributed by atoms with E-state index in [2.05, 4.69) is 110 Å². The molecule has 4 heteroatoms. The summed E-state index contributed by atoms with van der Waals surface area (Å²) in [6.07, 6.45) is 3.69. The largest absolute Gasteiger partial charge is 0.456 e. The van der Waals surface area contributed by atoms with Crippen molar-refractivity contribution in [3.8, 4) is 33.6 Å². The van der Waals surface area contributed by atoms with Crippen LogP contribution < -0.4 is 0 Å². The van der Waals surface area contributed by atoms with Crippen molar-refractivity contribution in [3.05, 3.63) is 157 Å². The predicted molar refractivity (Wildman–Crippen MR) is 186 cm³/mol. The molecule has 0 aliphatic heterocycles. The van der Waals surface area contributed by atoms with Crippen molar-refractivity contribution in [2.24, 2.45) is 0 Å². The molecule has 46 heavy (non-hydrogen) atoms. The Balaban J connectivity index is 0.000000241. The number of aromatic nitrogens is 2. The first-order valence-electron chi connectivity index (χ1n) is 15.2. The van der Waals surface area contributed by atoms with Gasteiger partial charge in [-0.3, -0.25) is 0 Å². The van der Waals surface area contributed by atoms with Gasteiger partial charge in [0, 0.05) is 43.3 Å². The molecule has 1 radical (unpaired) electrons. The van der Waals surface area contributed by atoms with Crippen molar-refractivity contribution in [2.45, 2.75) is 26.2 Å². The van der Waals surface area contributed by atoms with E-state index in [1.165, 1.54) is 27.3 Å². The molecular weight excluding hydrogens is 741 g/mol. The molecule has 0 N–H and O–H groups in total. The molecule has 0 fully saturated rings. The van der Waals surface area contributed by atoms with Crippen LogP contribution in [0.1, 0.15) is 26.3 Å². The number of nitrogens with zero attached hydrogens (tertiary/aromatic N) is 2. The molecule has 0 aliphatic carbocycles. The van der Waals surface area contributed by atoms with Crippen molar-refractivity contribution in [2.75, 3.05) is 0 Å². The van der Waals surface area contributed by atoms with Gasteiger partial charge in [-0.05, 0) is 63.0 Å². The molecule has 0 amide bonds. The fraction of sp³-hybridized carbons (Fsp3) is 0.0952. The zero-order valence-electron chi connectivity index (χ0n) is 25.9. The number of rotatable bonds is 3. The number of para-hydroxylation sites is 1. The molecular formula is C42H32IrN2O-2. The minimum atomic E-state index is 0. The van der Waals surface area contributed by atoms with Crippen LogP contribution in [-0.4, -0.2) is 9.97 Å². The average Bonchev–Trinajstić information content (AvgIpc) is 3.48. The Labute approximate surface area is 283 Å². The Hall–Kier alpha value is -4.89. The number of pyridine rings is 2. The Morgan fingerprint density at radius 1 is 0.565 bits per heavy atom. The molecule has 3 heterocycles. The van der Waals surface area contributed by atoms with Crippen molar-refractivity contribution in [1.82, 2.24) is 9.97 Å². The first-order valence-corrected chi connectivity index (χ1v) is 15.2. The average molecular weight is 773 g/mol. The van der Waals surface area contributed by atoms with Gasteiger partial charge in [0.05, 0.1) is 0 Å². The Morgan fingerprint density at radius 3 is 2.15 bits per heavy atom. The fourth-order valence-corrected chi connectivity index (χ4v) is 5.73. The SMILES string of the molecule is CC(C)(C)c1ccnc(-c2[c-]ccc(-c3cccc4c3ccc3oc5ccccc5c34)c2)c1.[Ir].[c-]1ccccc1-c1ccccn1. The van der Waals surface area contributed by atoms with Gasteiger partial charge in [-0.15, -0.1) is 71.3 Å². The van der Waals surface area contributed by atoms with Gasteiger partial charge in [-0.25, -0.2) is 0 Å². The minimum absolute atomic E-state index is 0. The van der Waals surface area contributed by atoms with Crippen LogP contribution in [-0.2, 0) is 25.5 Å². The van der Waals surface area contributed by atoms with Crippen LogP contribution in [0.25, 0.3) is 66.4 Å². The summed E-state index contributed by atoms with van der Waals surface area (Å²) in [5.74, 6) is 0. The topological polar surface area (TPSA) is 38.9 Å². The maximum Gasteiger partial charge on any atom is 0.136 e. The quantitative estimate of drug-likeness (QED) is 0.168. The van der Waals surface area contributed by atoms with Crippen molar-refractivity contribution in [3.63, 3.8) is 0 Å². The van der Waals surface area contributed by atoms with Crippen LogP contribution in [0.5, 0.6) is 0 Å². The standard InChI is InChI=1S/C31H24NO.C11H8N.Ir/c1-31(2,3)22-16-17-32-27(19-22)21-9-6-8-20(18-21)23-11-7-12-25-24(23)14-15-29-30(25)26-10-4-5-13-28(26)33-29;1-2-6-10(7-3-1)11-8-4-5-9-12-11;/h4-8,10-19H,1-3H3;1-6,8-9H;/q2*-1;. The molecule has 0 saturated heterocycles. The first kappa shape index (κ1) is 31.1. The van der Waals surface area contributed by atoms with Gasteiger partial charge in [0.25, 0.3) is 0 Å². The predicted octanol–water partition coefficient (Wildman–Crippen LogP) is 11.1. The van der Waals surface area contributed by atoms with E-state index in [0.29, 0.717) is 0 Å². The van der Waals surface area contributed by atoms with E-state index in [0.717, 1.165) is 44.6 Å². The van der Waals surface area contributed by atoms with Gasteiger partial charge in [0.1, 0.15) is 11.2 Å². The third-order valence-corrected chi connectivity index (χ3v) is 8.06. The molecule has 3 nitrogen and oxygen atoms in total. The van der Waals surface area contributed by atoms with Gasteiger partial charge in [-0.2, -0.15) is 0 Å². The molecule has 0 spiro atoms. The summed E-state index contributed by atoms with van der Waals surface area (Å²) < 4.78 is 6.11. The summed E-state index contributed by atoms with van der Waals surface area (Å²) in [5.41, 5.74) is 9.51. The summed E-state index contributed by atoms with van der Waals surface area (Å²) in [4.78, 5) is 8.86. The number of hydrogen-bond acceptors (Lipinski definition) is 3. The summed E-state index contributed by atoms with van der Waals surface area (Å²) in [6, 6.07) is 49.8. The molecule has 0 unspecified atom stereocenters. The molecule has 227 valence electrons. The number of hydrogen-bond donors (Lipinski definition) is 0. The second-order valence-electron chi connectivity index (χ2n) is 12.1. The van der Waals surface area contributed by atoms with Gasteiger partial charge in [0.2, 0.25) is 0 Å². The van der Waals surface area contributed by atoms with Crippen LogP contribution >= 0.6 is 0 Å². The summed E-state index contributed by atoms with van der Waals surface area (Å²) in [7, 11) is 0. The van der Waals surface area contributed by atoms with Gasteiger partial charge >= 0.3 is 0 Å². The van der Waals surface area contributed by atoms with E-state index < -0.39 is 0 Å². The molecule has 3 aromatic heterocycles. The second kappa shape index (κ2) is 13.2. The molecule has 0 saturated carbocycles. The van der Waals surface area contributed by atoms with E-state index in [9.17, 15) is 0 Å². The second-order valence-corrected chi connectivity index (χ2v) is 12.1. The normalized spacial score (nSPS) is 11.2. The third kappa shape index (κ3) is 6.28. The molecule has 0 aliphatic rings. The van der Waals surface area contributed by atoms with Gasteiger partial charge in [-0.1, -0.05) is 81.4 Å². The summed E-state index contributed by atoms with van der Waals surface area (Å²) in [6.45, 7) is 6.67. The van der Waals surface area contributed by atoms with Crippen LogP contribution in [0.4, 0.5) is 0 Å². The summed E-state index contributed by atoms with van der Waals surface area (Å²) in [5, 5.41) is 4.75. The zero-order chi connectivity index (χ0) is 30.8. The Kier molecular flexibility index (Phi) is 8.94. The molecule has 0 atom stereocenters. The van der Waals surface area contributed by atoms with Crippen molar-refractivity contribution in [1.29, 1.82) is 0 Å². The minimum Gasteiger partial charge on any atom is -0.456 e. The van der Waals surface area contributed by atoms with Gasteiger partial charge < -0.3 is 14.4 Å². The van der Waals surface area contributed by atoms with Crippen LogP contribution in [0.3, 0.4) is 0 Å². The molecule has 5 aromatic carbocycles. The Bertz CT molecular complexity index is 2210. The van der Waals surface area contributed by atoms with Crippen LogP contribution in [0.2, 0.25) is 0 Å². The number of benzene rings is 5. The maximum absolute atomic E-state index is 6.11. The van der Waals surface area contributed by atoms with Crippen LogP contribution in [0.15, 0.2) is 144 Å². The fourth-order valence-electron chi connectivity index (χ4n) is 5.73. The van der Waals surface area contributed by atoms with Gasteiger partial charge in [0.15, 0.2) is 0 Å². The molecule has 0 bridgehead atoms. The monoisotopic (exact) mass is 773 g/mol. The summed E-state index contributed by atoms with van der Waals surface area (Å²) >= 11 is 0. The smallest absolute Gasteiger partial charge is 0.136 e. The van der Waals surface area contributed by atoms with Crippen molar-refractivity contribution < 1.29 is 24.5 Å². The first-order chi connectivity index (χ1) is 22.0. The zero-order valence-corrected chi connectivity index (χ0v) is 28.3. The Morgan fingerprint density at radius 2 is 1.35 bits per heavy atom. The van der Waals surface area contributed by atoms with E-state index in [-0.39, 0.29) is 25.5 Å².